The van der Waals surface area contributed by atoms with Gasteiger partial charge < -0.3 is 5.73 Å². The van der Waals surface area contributed by atoms with E-state index in [-0.39, 0.29) is 0 Å². The summed E-state index contributed by atoms with van der Waals surface area (Å²) in [6.45, 7) is 2.98. The molecule has 0 amide bonds. The molecule has 1 aromatic carbocycles. The van der Waals surface area contributed by atoms with Crippen molar-refractivity contribution < 1.29 is 4.79 Å². The highest BCUT2D eigenvalue weighted by Crippen LogP contribution is 2.23. The Morgan fingerprint density at radius 2 is 1.94 bits per heavy atom. The van der Waals surface area contributed by atoms with Crippen LogP contribution in [-0.2, 0) is 0 Å². The molecule has 0 fully saturated rings. The minimum absolute atomic E-state index is 0.332. The summed E-state index contributed by atoms with van der Waals surface area (Å²) in [5.74, 6) is 0. The highest BCUT2D eigenvalue weighted by molar-refractivity contribution is 6.67. The van der Waals surface area contributed by atoms with E-state index < -0.39 is 5.24 Å². The third kappa shape index (κ3) is 6.33. The van der Waals surface area contributed by atoms with Gasteiger partial charge in [0.15, 0.2) is 0 Å². The van der Waals surface area contributed by atoms with Crippen LogP contribution in [-0.4, -0.2) is 11.8 Å². The third-order valence-electron chi connectivity index (χ3n) is 1.70. The molecule has 0 unspecified atom stereocenters. The van der Waals surface area contributed by atoms with Crippen molar-refractivity contribution in [2.75, 3.05) is 6.54 Å². The van der Waals surface area contributed by atoms with Gasteiger partial charge in [0.2, 0.25) is 0 Å². The number of halogens is 3. The van der Waals surface area contributed by atoms with E-state index in [1.165, 1.54) is 31.0 Å². The summed E-state index contributed by atoms with van der Waals surface area (Å²) in [4.78, 5) is 10.6. The van der Waals surface area contributed by atoms with E-state index in [0.717, 1.165) is 6.54 Å². The van der Waals surface area contributed by atoms with Crippen LogP contribution in [0.1, 0.15) is 30.1 Å². The van der Waals surface area contributed by atoms with E-state index in [4.69, 9.17) is 40.5 Å². The monoisotopic (exact) mass is 281 g/mol. The molecule has 0 radical (unpaired) electrons. The number of nitrogens with two attached hydrogens (primary N) is 1. The fourth-order valence-corrected chi connectivity index (χ4v) is 1.24. The Bertz CT molecular complexity index is 340. The number of hydrogen-bond donors (Lipinski definition) is 1. The quantitative estimate of drug-likeness (QED) is 0.848. The SMILES string of the molecule is CCCCN.O=C(Cl)c1ccc(Cl)c(Cl)c1. The molecule has 16 heavy (non-hydrogen) atoms. The van der Waals surface area contributed by atoms with Gasteiger partial charge in [-0.15, -0.1) is 0 Å². The van der Waals surface area contributed by atoms with Crippen molar-refractivity contribution in [1.29, 1.82) is 0 Å². The van der Waals surface area contributed by atoms with Gasteiger partial charge in [0.05, 0.1) is 10.0 Å². The second-order valence-electron chi connectivity index (χ2n) is 3.04. The van der Waals surface area contributed by atoms with E-state index in [9.17, 15) is 4.79 Å². The predicted octanol–water partition coefficient (Wildman–Crippen LogP) is 4.12. The maximum atomic E-state index is 10.6. The lowest BCUT2D eigenvalue weighted by molar-refractivity contribution is 0.108. The summed E-state index contributed by atoms with van der Waals surface area (Å²) >= 11 is 16.4. The van der Waals surface area contributed by atoms with Crippen LogP contribution < -0.4 is 5.73 Å². The van der Waals surface area contributed by atoms with E-state index in [1.54, 1.807) is 0 Å². The zero-order valence-corrected chi connectivity index (χ0v) is 11.2. The van der Waals surface area contributed by atoms with Crippen LogP contribution in [0.4, 0.5) is 0 Å². The molecule has 0 saturated heterocycles. The number of benzene rings is 1. The van der Waals surface area contributed by atoms with Crippen LogP contribution in [0.5, 0.6) is 0 Å². The van der Waals surface area contributed by atoms with Crippen LogP contribution in [0.25, 0.3) is 0 Å². The van der Waals surface area contributed by atoms with Crippen molar-refractivity contribution in [3.05, 3.63) is 33.8 Å². The molecule has 90 valence electrons. The first-order valence-electron chi connectivity index (χ1n) is 4.87. The van der Waals surface area contributed by atoms with Crippen LogP contribution in [0, 0.1) is 0 Å². The van der Waals surface area contributed by atoms with Crippen LogP contribution in [0.2, 0.25) is 10.0 Å². The van der Waals surface area contributed by atoms with E-state index in [2.05, 4.69) is 6.92 Å². The van der Waals surface area contributed by atoms with Gasteiger partial charge >= 0.3 is 0 Å². The highest BCUT2D eigenvalue weighted by atomic mass is 35.5. The Hall–Kier alpha value is -0.280. The van der Waals surface area contributed by atoms with Crippen molar-refractivity contribution in [3.63, 3.8) is 0 Å². The van der Waals surface area contributed by atoms with Gasteiger partial charge in [-0.1, -0.05) is 36.5 Å². The zero-order chi connectivity index (χ0) is 12.6. The Morgan fingerprint density at radius 1 is 1.31 bits per heavy atom. The summed E-state index contributed by atoms with van der Waals surface area (Å²) in [5, 5.41) is 0.204. The molecule has 0 heterocycles. The average molecular weight is 283 g/mol. The first kappa shape index (κ1) is 15.7. The van der Waals surface area contributed by atoms with E-state index in [1.807, 2.05) is 0 Å². The predicted molar refractivity (Wildman–Crippen MR) is 70.6 cm³/mol. The molecule has 1 rings (SSSR count). The lowest BCUT2D eigenvalue weighted by Crippen LogP contribution is -1.95. The summed E-state index contributed by atoms with van der Waals surface area (Å²) in [6, 6.07) is 4.47. The zero-order valence-electron chi connectivity index (χ0n) is 8.97. The lowest BCUT2D eigenvalue weighted by Gasteiger charge is -1.96. The summed E-state index contributed by atoms with van der Waals surface area (Å²) in [7, 11) is 0. The van der Waals surface area contributed by atoms with Crippen molar-refractivity contribution in [2.24, 2.45) is 5.73 Å². The molecule has 0 aliphatic rings. The summed E-state index contributed by atoms with van der Waals surface area (Å²) in [6.07, 6.45) is 2.39. The molecule has 2 nitrogen and oxygen atoms in total. The highest BCUT2D eigenvalue weighted by Gasteiger charge is 2.03. The molecule has 0 atom stereocenters. The number of carbonyl (C=O) groups is 1. The fraction of sp³-hybridized carbons (Fsp3) is 0.364. The van der Waals surface area contributed by atoms with Crippen LogP contribution in [0.3, 0.4) is 0 Å². The van der Waals surface area contributed by atoms with Gasteiger partial charge in [0, 0.05) is 5.56 Å². The average Bonchev–Trinajstić information content (AvgIpc) is 2.24. The third-order valence-corrected chi connectivity index (χ3v) is 2.66. The van der Waals surface area contributed by atoms with Crippen molar-refractivity contribution in [1.82, 2.24) is 0 Å². The van der Waals surface area contributed by atoms with Crippen LogP contribution >= 0.6 is 34.8 Å². The summed E-state index contributed by atoms with van der Waals surface area (Å²) < 4.78 is 0. The Kier molecular flexibility index (Phi) is 8.67. The molecular weight excluding hydrogens is 268 g/mol. The van der Waals surface area contributed by atoms with Crippen molar-refractivity contribution >= 4 is 40.0 Å². The normalized spacial score (nSPS) is 9.31. The molecule has 0 aromatic heterocycles. The first-order chi connectivity index (χ1) is 7.52. The molecule has 5 heteroatoms. The Labute approximate surface area is 111 Å². The van der Waals surface area contributed by atoms with E-state index in [0.29, 0.717) is 15.6 Å². The van der Waals surface area contributed by atoms with Crippen molar-refractivity contribution in [2.45, 2.75) is 19.8 Å². The number of carbonyl (C=O) groups excluding carboxylic acids is 1. The maximum absolute atomic E-state index is 10.6. The van der Waals surface area contributed by atoms with Gasteiger partial charge in [0.25, 0.3) is 5.24 Å². The number of hydrogen-bond acceptors (Lipinski definition) is 2. The molecule has 0 saturated carbocycles. The molecule has 0 bridgehead atoms. The van der Waals surface area contributed by atoms with E-state index >= 15 is 0 Å². The standard InChI is InChI=1S/C7H3Cl3O.C4H11N/c8-5-2-1-4(7(10)11)3-6(5)9;1-2-3-4-5/h1-3H;2-5H2,1H3. The smallest absolute Gasteiger partial charge is 0.252 e. The number of rotatable bonds is 3. The molecule has 0 aliphatic carbocycles. The van der Waals surface area contributed by atoms with Gasteiger partial charge in [0.1, 0.15) is 0 Å². The second kappa shape index (κ2) is 8.82. The molecule has 0 spiro atoms. The maximum Gasteiger partial charge on any atom is 0.252 e. The summed E-state index contributed by atoms with van der Waals surface area (Å²) in [5.41, 5.74) is 5.49. The van der Waals surface area contributed by atoms with Gasteiger partial charge in [-0.25, -0.2) is 0 Å². The first-order valence-corrected chi connectivity index (χ1v) is 6.01. The van der Waals surface area contributed by atoms with Crippen molar-refractivity contribution in [3.8, 4) is 0 Å². The number of unbranched alkanes of at least 4 members (excludes halogenated alkanes) is 1. The Balaban J connectivity index is 0.000000385. The second-order valence-corrected chi connectivity index (χ2v) is 4.20. The lowest BCUT2D eigenvalue weighted by atomic mass is 10.2. The molecule has 0 aliphatic heterocycles. The Morgan fingerprint density at radius 3 is 2.25 bits per heavy atom. The molecular formula is C11H14Cl3NO. The molecule has 2 N–H and O–H groups in total. The van der Waals surface area contributed by atoms with Crippen LogP contribution in [0.15, 0.2) is 18.2 Å². The topological polar surface area (TPSA) is 43.1 Å². The van der Waals surface area contributed by atoms with Gasteiger partial charge in [-0.2, -0.15) is 0 Å². The molecule has 1 aromatic rings. The minimum Gasteiger partial charge on any atom is -0.330 e. The minimum atomic E-state index is -0.538. The van der Waals surface area contributed by atoms with Gasteiger partial charge in [-0.05, 0) is 42.8 Å². The fourth-order valence-electron chi connectivity index (χ4n) is 0.823. The largest absolute Gasteiger partial charge is 0.330 e. The van der Waals surface area contributed by atoms with Gasteiger partial charge in [-0.3, -0.25) is 4.79 Å².